The number of rotatable bonds is 16. The maximum atomic E-state index is 13.1. The van der Waals surface area contributed by atoms with E-state index in [9.17, 15) is 29.4 Å². The zero-order valence-corrected chi connectivity index (χ0v) is 21.3. The Bertz CT molecular complexity index is 849. The van der Waals surface area contributed by atoms with E-state index >= 15 is 0 Å². The van der Waals surface area contributed by atoms with E-state index in [0.29, 0.717) is 19.4 Å². The van der Waals surface area contributed by atoms with E-state index in [0.717, 1.165) is 5.56 Å². The molecule has 0 saturated carbocycles. The molecule has 202 valence electrons. The lowest BCUT2D eigenvalue weighted by Crippen LogP contribution is -2.60. The Labute approximate surface area is 212 Å². The van der Waals surface area contributed by atoms with Gasteiger partial charge in [-0.15, -0.1) is 0 Å². The first-order valence-electron chi connectivity index (χ1n) is 12.3. The van der Waals surface area contributed by atoms with Crippen molar-refractivity contribution < 1.29 is 29.4 Å². The number of hydrogen-bond acceptors (Lipinski definition) is 7. The summed E-state index contributed by atoms with van der Waals surface area (Å²) in [5.74, 6) is -3.28. The Morgan fingerprint density at radius 2 is 1.50 bits per heavy atom. The van der Waals surface area contributed by atoms with E-state index in [-0.39, 0.29) is 25.2 Å². The molecule has 0 heterocycles. The number of carbonyl (C=O) groups is 4. The van der Waals surface area contributed by atoms with Gasteiger partial charge in [-0.1, -0.05) is 44.2 Å². The Balaban J connectivity index is 2.93. The Morgan fingerprint density at radius 3 is 2.03 bits per heavy atom. The molecule has 11 nitrogen and oxygen atoms in total. The predicted octanol–water partition coefficient (Wildman–Crippen LogP) is -0.349. The van der Waals surface area contributed by atoms with Gasteiger partial charge in [-0.05, 0) is 57.1 Å². The van der Waals surface area contributed by atoms with Gasteiger partial charge in [-0.3, -0.25) is 14.4 Å². The number of carboxylic acids is 1. The van der Waals surface area contributed by atoms with Crippen LogP contribution >= 0.6 is 0 Å². The Morgan fingerprint density at radius 1 is 0.889 bits per heavy atom. The fourth-order valence-electron chi connectivity index (χ4n) is 3.61. The average Bonchev–Trinajstić information content (AvgIpc) is 2.81. The number of unbranched alkanes of at least 4 members (excludes halogenated alkanes) is 1. The third-order valence-electron chi connectivity index (χ3n) is 5.60. The van der Waals surface area contributed by atoms with Gasteiger partial charge >= 0.3 is 5.97 Å². The molecule has 1 rings (SSSR count). The summed E-state index contributed by atoms with van der Waals surface area (Å²) in [4.78, 5) is 50.1. The molecule has 0 aromatic heterocycles. The highest BCUT2D eigenvalue weighted by Gasteiger charge is 2.32. The molecule has 9 N–H and O–H groups in total. The lowest BCUT2D eigenvalue weighted by atomic mass is 10.0. The molecule has 0 aliphatic carbocycles. The number of hydrogen-bond donors (Lipinski definition) is 7. The van der Waals surface area contributed by atoms with Crippen molar-refractivity contribution in [2.75, 3.05) is 6.54 Å². The predicted molar refractivity (Wildman–Crippen MR) is 136 cm³/mol. The molecule has 1 aromatic carbocycles. The average molecular weight is 508 g/mol. The lowest BCUT2D eigenvalue weighted by Gasteiger charge is -2.27. The zero-order chi connectivity index (χ0) is 27.3. The van der Waals surface area contributed by atoms with Crippen molar-refractivity contribution in [3.05, 3.63) is 35.9 Å². The summed E-state index contributed by atoms with van der Waals surface area (Å²) in [6.45, 7) is 5.34. The molecule has 0 bridgehead atoms. The maximum absolute atomic E-state index is 13.1. The molecular formula is C25H41N5O6. The molecule has 36 heavy (non-hydrogen) atoms. The minimum absolute atomic E-state index is 0.00627. The van der Waals surface area contributed by atoms with Crippen LogP contribution in [0.3, 0.4) is 0 Å². The van der Waals surface area contributed by atoms with Gasteiger partial charge in [0.05, 0.1) is 12.1 Å². The van der Waals surface area contributed by atoms with Crippen LogP contribution in [0.1, 0.15) is 52.0 Å². The number of aliphatic carboxylic acids is 1. The van der Waals surface area contributed by atoms with Gasteiger partial charge in [-0.2, -0.15) is 0 Å². The molecule has 3 amide bonds. The first-order valence-corrected chi connectivity index (χ1v) is 12.3. The van der Waals surface area contributed by atoms with Gasteiger partial charge in [-0.25, -0.2) is 4.79 Å². The van der Waals surface area contributed by atoms with Crippen LogP contribution in [-0.4, -0.2) is 70.7 Å². The normalized spacial score (nSPS) is 15.3. The second-order valence-corrected chi connectivity index (χ2v) is 9.40. The SMILES string of the molecule is CC(C)CC(NC(=O)C(NC(=O)C(CCCCN)NC(=O)C(N)Cc1ccccc1)C(C)O)C(=O)O. The fraction of sp³-hybridized carbons (Fsp3) is 0.600. The highest BCUT2D eigenvalue weighted by molar-refractivity contribution is 5.94. The summed E-state index contributed by atoms with van der Waals surface area (Å²) in [5, 5.41) is 27.0. The number of amides is 3. The monoisotopic (exact) mass is 507 g/mol. The van der Waals surface area contributed by atoms with Crippen LogP contribution in [0.4, 0.5) is 0 Å². The minimum atomic E-state index is -1.42. The molecule has 11 heteroatoms. The van der Waals surface area contributed by atoms with Crippen molar-refractivity contribution in [2.45, 2.75) is 83.1 Å². The summed E-state index contributed by atoms with van der Waals surface area (Å²) >= 11 is 0. The number of benzene rings is 1. The quantitative estimate of drug-likeness (QED) is 0.147. The number of carbonyl (C=O) groups excluding carboxylic acids is 3. The minimum Gasteiger partial charge on any atom is -0.480 e. The van der Waals surface area contributed by atoms with Crippen LogP contribution in [-0.2, 0) is 25.6 Å². The largest absolute Gasteiger partial charge is 0.480 e. The molecule has 5 unspecified atom stereocenters. The smallest absolute Gasteiger partial charge is 0.326 e. The Kier molecular flexibility index (Phi) is 13.7. The molecular weight excluding hydrogens is 466 g/mol. The van der Waals surface area contributed by atoms with Gasteiger partial charge in [0.15, 0.2) is 0 Å². The molecule has 5 atom stereocenters. The van der Waals surface area contributed by atoms with Crippen molar-refractivity contribution in [3.63, 3.8) is 0 Å². The topological polar surface area (TPSA) is 197 Å². The van der Waals surface area contributed by atoms with E-state index in [1.807, 2.05) is 44.2 Å². The first-order chi connectivity index (χ1) is 17.0. The van der Waals surface area contributed by atoms with E-state index in [1.165, 1.54) is 6.92 Å². The van der Waals surface area contributed by atoms with E-state index in [4.69, 9.17) is 11.5 Å². The van der Waals surface area contributed by atoms with E-state index in [1.54, 1.807) is 0 Å². The van der Waals surface area contributed by atoms with Crippen LogP contribution in [0.25, 0.3) is 0 Å². The number of nitrogens with one attached hydrogen (secondary N) is 3. The fourth-order valence-corrected chi connectivity index (χ4v) is 3.61. The van der Waals surface area contributed by atoms with Crippen molar-refractivity contribution >= 4 is 23.7 Å². The number of aliphatic hydroxyl groups excluding tert-OH is 1. The lowest BCUT2D eigenvalue weighted by molar-refractivity contribution is -0.143. The molecule has 0 spiro atoms. The number of aliphatic hydroxyl groups is 1. The summed E-state index contributed by atoms with van der Waals surface area (Å²) in [6, 6.07) is 4.68. The van der Waals surface area contributed by atoms with Crippen LogP contribution in [0.2, 0.25) is 0 Å². The van der Waals surface area contributed by atoms with Crippen LogP contribution in [0.15, 0.2) is 30.3 Å². The van der Waals surface area contributed by atoms with Crippen molar-refractivity contribution in [2.24, 2.45) is 17.4 Å². The van der Waals surface area contributed by atoms with Crippen LogP contribution in [0, 0.1) is 5.92 Å². The molecule has 1 aromatic rings. The van der Waals surface area contributed by atoms with E-state index < -0.39 is 54.0 Å². The van der Waals surface area contributed by atoms with Gasteiger partial charge in [0, 0.05) is 0 Å². The van der Waals surface area contributed by atoms with Gasteiger partial charge in [0.25, 0.3) is 0 Å². The maximum Gasteiger partial charge on any atom is 0.326 e. The van der Waals surface area contributed by atoms with Crippen LogP contribution in [0.5, 0.6) is 0 Å². The third-order valence-corrected chi connectivity index (χ3v) is 5.60. The third kappa shape index (κ3) is 11.1. The Hall–Kier alpha value is -3.02. The van der Waals surface area contributed by atoms with Crippen molar-refractivity contribution in [3.8, 4) is 0 Å². The summed E-state index contributed by atoms with van der Waals surface area (Å²) in [6.07, 6.45) is 0.526. The highest BCUT2D eigenvalue weighted by atomic mass is 16.4. The highest BCUT2D eigenvalue weighted by Crippen LogP contribution is 2.08. The number of carboxylic acid groups (broad SMARTS) is 1. The summed E-state index contributed by atoms with van der Waals surface area (Å²) < 4.78 is 0. The first kappa shape index (κ1) is 31.0. The summed E-state index contributed by atoms with van der Waals surface area (Å²) in [7, 11) is 0. The van der Waals surface area contributed by atoms with Crippen molar-refractivity contribution in [1.29, 1.82) is 0 Å². The number of nitrogens with two attached hydrogens (primary N) is 2. The molecule has 0 aliphatic rings. The molecule has 0 fully saturated rings. The standard InChI is InChI=1S/C25H41N5O6/c1-15(2)13-20(25(35)36)29-24(34)21(16(3)31)30-23(33)19(11-7-8-12-26)28-22(32)18(27)14-17-9-5-4-6-10-17/h4-6,9-10,15-16,18-21,31H,7-8,11-14,26-27H2,1-3H3,(H,28,32)(H,29,34)(H,30,33)(H,35,36). The zero-order valence-electron chi connectivity index (χ0n) is 21.3. The van der Waals surface area contributed by atoms with Crippen molar-refractivity contribution in [1.82, 2.24) is 16.0 Å². The summed E-state index contributed by atoms with van der Waals surface area (Å²) in [5.41, 5.74) is 12.5. The second kappa shape index (κ2) is 15.9. The van der Waals surface area contributed by atoms with Gasteiger partial charge < -0.3 is 37.6 Å². The second-order valence-electron chi connectivity index (χ2n) is 9.40. The van der Waals surface area contributed by atoms with Gasteiger partial charge in [0.1, 0.15) is 18.1 Å². The molecule has 0 radical (unpaired) electrons. The van der Waals surface area contributed by atoms with Crippen LogP contribution < -0.4 is 27.4 Å². The van der Waals surface area contributed by atoms with Gasteiger partial charge in [0.2, 0.25) is 17.7 Å². The molecule has 0 aliphatic heterocycles. The van der Waals surface area contributed by atoms with E-state index in [2.05, 4.69) is 16.0 Å². The molecule has 0 saturated heterocycles.